The summed E-state index contributed by atoms with van der Waals surface area (Å²) in [4.78, 5) is 6.22. The van der Waals surface area contributed by atoms with Crippen LogP contribution in [0.4, 0.5) is 13.2 Å². The number of hydrogen-bond acceptors (Lipinski definition) is 3. The maximum atomic E-state index is 12.6. The quantitative estimate of drug-likeness (QED) is 0.314. The molecule has 2 saturated heterocycles. The third-order valence-electron chi connectivity index (χ3n) is 5.69. The Morgan fingerprint density at radius 3 is 2.65 bits per heavy atom. The molecule has 0 spiro atoms. The highest BCUT2D eigenvalue weighted by Gasteiger charge is 2.34. The highest BCUT2D eigenvalue weighted by molar-refractivity contribution is 14.0. The average Bonchev–Trinajstić information content (AvgIpc) is 3.12. The van der Waals surface area contributed by atoms with Gasteiger partial charge in [-0.1, -0.05) is 29.8 Å². The molecule has 1 aromatic rings. The summed E-state index contributed by atoms with van der Waals surface area (Å²) >= 11 is 0. The first kappa shape index (κ1) is 26.2. The maximum absolute atomic E-state index is 12.6. The van der Waals surface area contributed by atoms with Crippen molar-refractivity contribution >= 4 is 29.9 Å². The van der Waals surface area contributed by atoms with Crippen molar-refractivity contribution in [2.75, 3.05) is 39.3 Å². The molecule has 2 fully saturated rings. The number of halogens is 4. The Labute approximate surface area is 200 Å². The fourth-order valence-electron chi connectivity index (χ4n) is 4.22. The van der Waals surface area contributed by atoms with Crippen LogP contribution >= 0.6 is 24.0 Å². The number of ether oxygens (including phenoxy) is 1. The van der Waals surface area contributed by atoms with Crippen molar-refractivity contribution in [1.29, 1.82) is 0 Å². The van der Waals surface area contributed by atoms with Crippen LogP contribution in [0.3, 0.4) is 0 Å². The van der Waals surface area contributed by atoms with Crippen LogP contribution in [0.15, 0.2) is 29.3 Å². The highest BCUT2D eigenvalue weighted by Crippen LogP contribution is 2.34. The average molecular weight is 554 g/mol. The van der Waals surface area contributed by atoms with Crippen LogP contribution in [-0.2, 0) is 4.74 Å². The Kier molecular flexibility index (Phi) is 10.3. The van der Waals surface area contributed by atoms with Gasteiger partial charge in [-0.15, -0.1) is 24.0 Å². The van der Waals surface area contributed by atoms with E-state index in [1.165, 1.54) is 16.0 Å². The van der Waals surface area contributed by atoms with E-state index in [2.05, 4.69) is 41.8 Å². The number of rotatable bonds is 6. The smallest absolute Gasteiger partial charge is 0.373 e. The van der Waals surface area contributed by atoms with Crippen molar-refractivity contribution in [3.63, 3.8) is 0 Å². The molecule has 0 radical (unpaired) electrons. The predicted octanol–water partition coefficient (Wildman–Crippen LogP) is 4.27. The SMILES string of the molecule is CCNC(=NCC1CCCOC1c1ccc(C)cc1)NC1CCN(CC(F)(F)F)C1.I. The number of nitrogens with zero attached hydrogens (tertiary/aromatic N) is 2. The number of aliphatic imine (C=N–C) groups is 1. The molecule has 176 valence electrons. The first-order valence-electron chi connectivity index (χ1n) is 10.9. The van der Waals surface area contributed by atoms with Gasteiger partial charge in [0.1, 0.15) is 0 Å². The van der Waals surface area contributed by atoms with Crippen LogP contribution in [0.2, 0.25) is 0 Å². The molecule has 2 aliphatic heterocycles. The number of aryl methyl sites for hydroxylation is 1. The van der Waals surface area contributed by atoms with Crippen LogP contribution in [0.25, 0.3) is 0 Å². The lowest BCUT2D eigenvalue weighted by atomic mass is 9.89. The lowest BCUT2D eigenvalue weighted by Gasteiger charge is -2.31. The van der Waals surface area contributed by atoms with Gasteiger partial charge in [0.25, 0.3) is 0 Å². The van der Waals surface area contributed by atoms with Crippen LogP contribution < -0.4 is 10.6 Å². The molecular formula is C22H34F3IN4O. The molecule has 1 aromatic carbocycles. The number of guanidine groups is 1. The Morgan fingerprint density at radius 1 is 1.23 bits per heavy atom. The monoisotopic (exact) mass is 554 g/mol. The molecule has 3 unspecified atom stereocenters. The third kappa shape index (κ3) is 8.42. The second kappa shape index (κ2) is 12.2. The molecule has 3 atom stereocenters. The Bertz CT molecular complexity index is 699. The van der Waals surface area contributed by atoms with Crippen molar-refractivity contribution in [2.24, 2.45) is 10.9 Å². The summed E-state index contributed by atoms with van der Waals surface area (Å²) in [5, 5.41) is 6.55. The number of hydrogen-bond donors (Lipinski definition) is 2. The molecule has 0 aliphatic carbocycles. The van der Waals surface area contributed by atoms with E-state index in [9.17, 15) is 13.2 Å². The van der Waals surface area contributed by atoms with Crippen LogP contribution in [0, 0.1) is 12.8 Å². The topological polar surface area (TPSA) is 48.9 Å². The zero-order valence-electron chi connectivity index (χ0n) is 18.3. The van der Waals surface area contributed by atoms with E-state index < -0.39 is 12.7 Å². The number of likely N-dealkylation sites (tertiary alicyclic amines) is 1. The van der Waals surface area contributed by atoms with Gasteiger partial charge in [0.2, 0.25) is 0 Å². The van der Waals surface area contributed by atoms with Crippen LogP contribution in [0.1, 0.15) is 43.4 Å². The molecule has 5 nitrogen and oxygen atoms in total. The Balaban J connectivity index is 0.00000341. The van der Waals surface area contributed by atoms with Gasteiger partial charge in [-0.3, -0.25) is 9.89 Å². The zero-order valence-corrected chi connectivity index (χ0v) is 20.6. The summed E-state index contributed by atoms with van der Waals surface area (Å²) in [5.41, 5.74) is 2.40. The fraction of sp³-hybridized carbons (Fsp3) is 0.682. The largest absolute Gasteiger partial charge is 0.401 e. The van der Waals surface area contributed by atoms with Gasteiger partial charge in [0.15, 0.2) is 5.96 Å². The minimum Gasteiger partial charge on any atom is -0.373 e. The summed E-state index contributed by atoms with van der Waals surface area (Å²) in [7, 11) is 0. The molecular weight excluding hydrogens is 520 g/mol. The van der Waals surface area contributed by atoms with Crippen LogP contribution in [0.5, 0.6) is 0 Å². The summed E-state index contributed by atoms with van der Waals surface area (Å²) < 4.78 is 44.0. The summed E-state index contributed by atoms with van der Waals surface area (Å²) in [5.74, 6) is 0.951. The molecule has 0 bridgehead atoms. The van der Waals surface area contributed by atoms with Crippen molar-refractivity contribution in [2.45, 2.75) is 51.4 Å². The van der Waals surface area contributed by atoms with E-state index in [1.807, 2.05) is 6.92 Å². The standard InChI is InChI=1S/C22H33F3N4O.HI/c1-3-26-21(28-19-10-11-29(14-19)15-22(23,24)25)27-13-18-5-4-12-30-20(18)17-8-6-16(2)7-9-17;/h6-9,18-20H,3-5,10-15H2,1-2H3,(H2,26,27,28);1H. The molecule has 0 saturated carbocycles. The maximum Gasteiger partial charge on any atom is 0.401 e. The number of alkyl halides is 3. The lowest BCUT2D eigenvalue weighted by molar-refractivity contribution is -0.143. The van der Waals surface area contributed by atoms with Crippen molar-refractivity contribution in [3.8, 4) is 0 Å². The van der Waals surface area contributed by atoms with Crippen molar-refractivity contribution < 1.29 is 17.9 Å². The molecule has 9 heteroatoms. The Hall–Kier alpha value is -1.07. The van der Waals surface area contributed by atoms with E-state index in [1.54, 1.807) is 0 Å². The first-order valence-corrected chi connectivity index (χ1v) is 10.9. The van der Waals surface area contributed by atoms with Crippen molar-refractivity contribution in [3.05, 3.63) is 35.4 Å². The van der Waals surface area contributed by atoms with Gasteiger partial charge < -0.3 is 15.4 Å². The van der Waals surface area contributed by atoms with Crippen molar-refractivity contribution in [1.82, 2.24) is 15.5 Å². The number of benzene rings is 1. The molecule has 2 N–H and O–H groups in total. The highest BCUT2D eigenvalue weighted by atomic mass is 127. The minimum absolute atomic E-state index is 0. The van der Waals surface area contributed by atoms with Gasteiger partial charge in [0.05, 0.1) is 12.6 Å². The van der Waals surface area contributed by atoms with E-state index in [0.717, 1.165) is 19.4 Å². The molecule has 0 aromatic heterocycles. The van der Waals surface area contributed by atoms with E-state index >= 15 is 0 Å². The molecule has 2 aliphatic rings. The van der Waals surface area contributed by atoms with Gasteiger partial charge >= 0.3 is 6.18 Å². The van der Waals surface area contributed by atoms with Crippen LogP contribution in [-0.4, -0.2) is 62.4 Å². The van der Waals surface area contributed by atoms with Gasteiger partial charge in [-0.05, 0) is 38.7 Å². The van der Waals surface area contributed by atoms with E-state index in [0.29, 0.717) is 38.6 Å². The minimum atomic E-state index is -4.15. The predicted molar refractivity (Wildman–Crippen MR) is 128 cm³/mol. The van der Waals surface area contributed by atoms with E-state index in [4.69, 9.17) is 9.73 Å². The van der Waals surface area contributed by atoms with Gasteiger partial charge in [0, 0.05) is 44.7 Å². The summed E-state index contributed by atoms with van der Waals surface area (Å²) in [6, 6.07) is 8.43. The molecule has 0 amide bonds. The summed E-state index contributed by atoms with van der Waals surface area (Å²) in [6.45, 7) is 6.11. The normalized spacial score (nSPS) is 25.2. The Morgan fingerprint density at radius 2 is 1.97 bits per heavy atom. The third-order valence-corrected chi connectivity index (χ3v) is 5.69. The lowest BCUT2D eigenvalue weighted by Crippen LogP contribution is -2.45. The fourth-order valence-corrected chi connectivity index (χ4v) is 4.22. The zero-order chi connectivity index (χ0) is 21.6. The molecule has 2 heterocycles. The first-order chi connectivity index (χ1) is 14.3. The molecule has 3 rings (SSSR count). The van der Waals surface area contributed by atoms with Gasteiger partial charge in [-0.2, -0.15) is 13.2 Å². The second-order valence-electron chi connectivity index (χ2n) is 8.30. The number of nitrogens with one attached hydrogen (secondary N) is 2. The van der Waals surface area contributed by atoms with E-state index in [-0.39, 0.29) is 42.0 Å². The second-order valence-corrected chi connectivity index (χ2v) is 8.30. The summed E-state index contributed by atoms with van der Waals surface area (Å²) in [6.07, 6.45) is -1.38. The van der Waals surface area contributed by atoms with Gasteiger partial charge in [-0.25, -0.2) is 0 Å². The molecule has 31 heavy (non-hydrogen) atoms.